The molecule has 0 saturated carbocycles. The van der Waals surface area contributed by atoms with Crippen LogP contribution in [-0.4, -0.2) is 77.4 Å². The van der Waals surface area contributed by atoms with Gasteiger partial charge in [0, 0.05) is 0 Å². The summed E-state index contributed by atoms with van der Waals surface area (Å²) < 4.78 is 60.8. The van der Waals surface area contributed by atoms with E-state index in [1.54, 1.807) is 66.7 Å². The molecule has 0 spiro atoms. The highest BCUT2D eigenvalue weighted by Crippen LogP contribution is 2.31. The lowest BCUT2D eigenvalue weighted by Gasteiger charge is -2.46. The molecule has 0 aliphatic carbocycles. The molecule has 2 heterocycles. The topological polar surface area (TPSA) is 136 Å². The van der Waals surface area contributed by atoms with E-state index in [9.17, 15) is 18.0 Å². The third-order valence-electron chi connectivity index (χ3n) is 5.56. The number of nitrogens with one attached hydrogen (secondary N) is 1. The summed E-state index contributed by atoms with van der Waals surface area (Å²) in [5, 5.41) is 0. The second kappa shape index (κ2) is 12.4. The van der Waals surface area contributed by atoms with Crippen LogP contribution in [0.1, 0.15) is 20.7 Å². The lowest BCUT2D eigenvalue weighted by molar-refractivity contribution is -0.271. The Balaban J connectivity index is 1.63. The Morgan fingerprint density at radius 3 is 2.14 bits per heavy atom. The number of carbonyl (C=O) groups is 2. The first-order chi connectivity index (χ1) is 17.9. The zero-order valence-corrected chi connectivity index (χ0v) is 20.6. The molecule has 2 bridgehead atoms. The molecule has 0 unspecified atom stereocenters. The average molecular weight is 534 g/mol. The molecule has 2 aromatic rings. The summed E-state index contributed by atoms with van der Waals surface area (Å²) >= 11 is 0. The average Bonchev–Trinajstić information content (AvgIpc) is 2.90. The number of hydrogen-bond acceptors (Lipinski definition) is 10. The van der Waals surface area contributed by atoms with Crippen molar-refractivity contribution in [3.63, 3.8) is 0 Å². The van der Waals surface area contributed by atoms with Crippen LogP contribution in [0.2, 0.25) is 0 Å². The second-order valence-electron chi connectivity index (χ2n) is 8.13. The lowest BCUT2D eigenvalue weighted by Crippen LogP contribution is -2.68. The minimum atomic E-state index is -4.27. The molecule has 11 nitrogen and oxygen atoms in total. The standard InChI is InChI=1S/C25H27NO10S/c1-2-13-31-14-15-32-25-20-22(36-24(28)18-11-7-4-8-12-18)21(19(34-25)16-33-37(29,30)26-20)35-23(27)17-9-5-3-6-10-17/h2-12,19-22,25-26H,1,13-16H2/t19-,20+,21-,22-,25+/m1/s1. The summed E-state index contributed by atoms with van der Waals surface area (Å²) in [5.74, 6) is -1.45. The number of esters is 2. The Kier molecular flexibility index (Phi) is 9.03. The summed E-state index contributed by atoms with van der Waals surface area (Å²) in [6.45, 7) is 3.57. The highest BCUT2D eigenvalue weighted by atomic mass is 32.2. The number of fused-ring (bicyclic) bond motifs is 3. The third kappa shape index (κ3) is 7.01. The van der Waals surface area contributed by atoms with Crippen molar-refractivity contribution in [2.45, 2.75) is 30.6 Å². The van der Waals surface area contributed by atoms with Crippen LogP contribution < -0.4 is 4.72 Å². The van der Waals surface area contributed by atoms with E-state index in [0.29, 0.717) is 6.61 Å². The van der Waals surface area contributed by atoms with Crippen molar-refractivity contribution in [2.75, 3.05) is 26.4 Å². The summed E-state index contributed by atoms with van der Waals surface area (Å²) in [4.78, 5) is 25.9. The minimum Gasteiger partial charge on any atom is -0.453 e. The molecule has 2 aromatic carbocycles. The van der Waals surface area contributed by atoms with Gasteiger partial charge in [-0.1, -0.05) is 42.5 Å². The molecule has 0 amide bonds. The second-order valence-corrected chi connectivity index (χ2v) is 9.51. The van der Waals surface area contributed by atoms with Crippen LogP contribution in [0.15, 0.2) is 73.3 Å². The molecule has 1 N–H and O–H groups in total. The Labute approximate surface area is 214 Å². The van der Waals surface area contributed by atoms with Crippen molar-refractivity contribution in [1.82, 2.24) is 4.72 Å². The summed E-state index contributed by atoms with van der Waals surface area (Å²) in [7, 11) is -4.27. The SMILES string of the molecule is C=CCOCCO[C@H]1O[C@@H]2COS(=O)(=O)N[C@H]1[C@@H](OC(=O)c1ccccc1)[C@@H]2OC(=O)c1ccccc1. The van der Waals surface area contributed by atoms with E-state index in [4.69, 9.17) is 27.9 Å². The zero-order chi connectivity index (χ0) is 26.3. The lowest BCUT2D eigenvalue weighted by atomic mass is 9.96. The maximum absolute atomic E-state index is 13.0. The Morgan fingerprint density at radius 1 is 0.946 bits per heavy atom. The fourth-order valence-electron chi connectivity index (χ4n) is 3.87. The van der Waals surface area contributed by atoms with Crippen LogP contribution in [0.3, 0.4) is 0 Å². The molecular weight excluding hydrogens is 506 g/mol. The van der Waals surface area contributed by atoms with Gasteiger partial charge in [0.25, 0.3) is 0 Å². The van der Waals surface area contributed by atoms with Crippen molar-refractivity contribution in [2.24, 2.45) is 0 Å². The van der Waals surface area contributed by atoms with Crippen molar-refractivity contribution in [3.05, 3.63) is 84.4 Å². The zero-order valence-electron chi connectivity index (χ0n) is 19.8. The fraction of sp³-hybridized carbons (Fsp3) is 0.360. The summed E-state index contributed by atoms with van der Waals surface area (Å²) in [6.07, 6.45) is -3.28. The molecule has 12 heteroatoms. The number of carbonyl (C=O) groups excluding carboxylic acids is 2. The van der Waals surface area contributed by atoms with Crippen LogP contribution in [0.25, 0.3) is 0 Å². The van der Waals surface area contributed by atoms with Crippen LogP contribution in [0.5, 0.6) is 0 Å². The third-order valence-corrected chi connectivity index (χ3v) is 6.57. The van der Waals surface area contributed by atoms with Gasteiger partial charge in [0.1, 0.15) is 12.1 Å². The molecule has 2 saturated heterocycles. The quantitative estimate of drug-likeness (QED) is 0.273. The number of hydrogen-bond donors (Lipinski definition) is 1. The molecule has 2 aliphatic rings. The van der Waals surface area contributed by atoms with E-state index in [2.05, 4.69) is 11.3 Å². The van der Waals surface area contributed by atoms with E-state index in [-0.39, 0.29) is 24.3 Å². The monoisotopic (exact) mass is 533 g/mol. The summed E-state index contributed by atoms with van der Waals surface area (Å²) in [6, 6.07) is 15.0. The van der Waals surface area contributed by atoms with Gasteiger partial charge in [0.2, 0.25) is 0 Å². The van der Waals surface area contributed by atoms with Crippen molar-refractivity contribution in [1.29, 1.82) is 0 Å². The van der Waals surface area contributed by atoms with Gasteiger partial charge in [-0.15, -0.1) is 6.58 Å². The molecule has 0 radical (unpaired) electrons. The van der Waals surface area contributed by atoms with Gasteiger partial charge < -0.3 is 23.7 Å². The Bertz CT molecular complexity index is 1170. The van der Waals surface area contributed by atoms with Gasteiger partial charge in [-0.3, -0.25) is 4.18 Å². The van der Waals surface area contributed by atoms with E-state index < -0.39 is 59.5 Å². The van der Waals surface area contributed by atoms with Crippen molar-refractivity contribution < 1.29 is 45.9 Å². The minimum absolute atomic E-state index is 0.0398. The molecule has 0 aromatic heterocycles. The van der Waals surface area contributed by atoms with Gasteiger partial charge in [-0.25, -0.2) is 9.59 Å². The fourth-order valence-corrected chi connectivity index (χ4v) is 4.83. The van der Waals surface area contributed by atoms with Crippen LogP contribution in [0.4, 0.5) is 0 Å². The maximum Gasteiger partial charge on any atom is 0.338 e. The van der Waals surface area contributed by atoms with Gasteiger partial charge in [0.15, 0.2) is 18.5 Å². The van der Waals surface area contributed by atoms with Crippen LogP contribution in [-0.2, 0) is 38.2 Å². The first-order valence-corrected chi connectivity index (χ1v) is 12.9. The van der Waals surface area contributed by atoms with E-state index in [1.165, 1.54) is 0 Å². The van der Waals surface area contributed by atoms with Crippen LogP contribution >= 0.6 is 0 Å². The van der Waals surface area contributed by atoms with E-state index >= 15 is 0 Å². The molecule has 5 atom stereocenters. The first kappa shape index (κ1) is 26.9. The highest BCUT2D eigenvalue weighted by molar-refractivity contribution is 7.84. The smallest absolute Gasteiger partial charge is 0.338 e. The Morgan fingerprint density at radius 2 is 1.54 bits per heavy atom. The molecule has 4 rings (SSSR count). The molecular formula is C25H27NO10S. The molecule has 2 aliphatic heterocycles. The maximum atomic E-state index is 13.0. The number of rotatable bonds is 10. The molecule has 198 valence electrons. The predicted molar refractivity (Wildman–Crippen MR) is 129 cm³/mol. The highest BCUT2D eigenvalue weighted by Gasteiger charge is 2.54. The summed E-state index contributed by atoms with van der Waals surface area (Å²) in [5.41, 5.74) is 0.478. The Hall–Kier alpha value is -3.13. The first-order valence-electron chi connectivity index (χ1n) is 11.5. The number of ether oxygens (including phenoxy) is 5. The van der Waals surface area contributed by atoms with Gasteiger partial charge in [-0.05, 0) is 24.3 Å². The predicted octanol–water partition coefficient (Wildman–Crippen LogP) is 1.61. The van der Waals surface area contributed by atoms with Gasteiger partial charge >= 0.3 is 22.2 Å². The number of benzene rings is 2. The van der Waals surface area contributed by atoms with E-state index in [1.807, 2.05) is 0 Å². The van der Waals surface area contributed by atoms with E-state index in [0.717, 1.165) is 0 Å². The van der Waals surface area contributed by atoms with Crippen molar-refractivity contribution >= 4 is 22.2 Å². The van der Waals surface area contributed by atoms with Crippen LogP contribution in [0, 0.1) is 0 Å². The molecule has 2 fully saturated rings. The normalized spacial score (nSPS) is 26.4. The van der Waals surface area contributed by atoms with Crippen molar-refractivity contribution in [3.8, 4) is 0 Å². The largest absolute Gasteiger partial charge is 0.453 e. The van der Waals surface area contributed by atoms with Gasteiger partial charge in [0.05, 0.1) is 37.6 Å². The van der Waals surface area contributed by atoms with Gasteiger partial charge in [-0.2, -0.15) is 13.1 Å². The molecule has 37 heavy (non-hydrogen) atoms.